The van der Waals surface area contributed by atoms with Crippen LogP contribution in [0.5, 0.6) is 0 Å². The summed E-state index contributed by atoms with van der Waals surface area (Å²) in [5, 5.41) is 15.1. The summed E-state index contributed by atoms with van der Waals surface area (Å²) in [7, 11) is 0. The van der Waals surface area contributed by atoms with Crippen molar-refractivity contribution in [2.24, 2.45) is 4.99 Å². The fourth-order valence-corrected chi connectivity index (χ4v) is 2.66. The molecule has 2 aromatic heterocycles. The number of guanidine groups is 1. The molecule has 0 saturated heterocycles. The SMILES string of the molecule is CCNC(=NCc1ccccc1Cn1cccn1)NCCn1cccn1.I. The van der Waals surface area contributed by atoms with Gasteiger partial charge in [0.25, 0.3) is 0 Å². The third kappa shape index (κ3) is 6.70. The Morgan fingerprint density at radius 1 is 0.963 bits per heavy atom. The van der Waals surface area contributed by atoms with Gasteiger partial charge < -0.3 is 10.6 Å². The molecule has 0 saturated carbocycles. The van der Waals surface area contributed by atoms with Crippen LogP contribution in [-0.4, -0.2) is 38.6 Å². The minimum atomic E-state index is 0. The van der Waals surface area contributed by atoms with Gasteiger partial charge in [-0.3, -0.25) is 9.36 Å². The van der Waals surface area contributed by atoms with Gasteiger partial charge in [0, 0.05) is 37.9 Å². The smallest absolute Gasteiger partial charge is 0.191 e. The van der Waals surface area contributed by atoms with Crippen molar-refractivity contribution in [2.45, 2.75) is 26.6 Å². The fourth-order valence-electron chi connectivity index (χ4n) is 2.66. The maximum absolute atomic E-state index is 4.73. The first kappa shape index (κ1) is 20.9. The van der Waals surface area contributed by atoms with Gasteiger partial charge in [-0.2, -0.15) is 10.2 Å². The Balaban J connectivity index is 0.00000261. The van der Waals surface area contributed by atoms with Crippen LogP contribution in [0, 0.1) is 0 Å². The summed E-state index contributed by atoms with van der Waals surface area (Å²) in [6, 6.07) is 12.2. The molecule has 0 spiro atoms. The van der Waals surface area contributed by atoms with Gasteiger partial charge in [0.15, 0.2) is 5.96 Å². The molecule has 1 aromatic carbocycles. The molecule has 0 unspecified atom stereocenters. The summed E-state index contributed by atoms with van der Waals surface area (Å²) in [6.07, 6.45) is 7.52. The first-order chi connectivity index (χ1) is 12.8. The van der Waals surface area contributed by atoms with E-state index in [0.717, 1.165) is 32.1 Å². The van der Waals surface area contributed by atoms with Gasteiger partial charge in [-0.15, -0.1) is 24.0 Å². The first-order valence-electron chi connectivity index (χ1n) is 8.89. The van der Waals surface area contributed by atoms with Crippen molar-refractivity contribution in [1.29, 1.82) is 0 Å². The van der Waals surface area contributed by atoms with Crippen LogP contribution >= 0.6 is 24.0 Å². The predicted octanol–water partition coefficient (Wildman–Crippen LogP) is 2.50. The molecule has 27 heavy (non-hydrogen) atoms. The molecule has 7 nitrogen and oxygen atoms in total. The summed E-state index contributed by atoms with van der Waals surface area (Å²) < 4.78 is 3.83. The summed E-state index contributed by atoms with van der Waals surface area (Å²) in [4.78, 5) is 4.73. The van der Waals surface area contributed by atoms with Crippen molar-refractivity contribution >= 4 is 29.9 Å². The van der Waals surface area contributed by atoms with Crippen molar-refractivity contribution in [2.75, 3.05) is 13.1 Å². The average Bonchev–Trinajstić information content (AvgIpc) is 3.35. The highest BCUT2D eigenvalue weighted by Crippen LogP contribution is 2.11. The molecule has 0 radical (unpaired) electrons. The van der Waals surface area contributed by atoms with Gasteiger partial charge in [0.05, 0.1) is 19.6 Å². The third-order valence-electron chi connectivity index (χ3n) is 3.95. The lowest BCUT2D eigenvalue weighted by Crippen LogP contribution is -2.38. The number of nitrogens with one attached hydrogen (secondary N) is 2. The van der Waals surface area contributed by atoms with Gasteiger partial charge in [0.1, 0.15) is 0 Å². The normalized spacial score (nSPS) is 11.1. The molecule has 2 heterocycles. The van der Waals surface area contributed by atoms with Crippen LogP contribution in [-0.2, 0) is 19.6 Å². The highest BCUT2D eigenvalue weighted by atomic mass is 127. The Morgan fingerprint density at radius 3 is 2.33 bits per heavy atom. The first-order valence-corrected chi connectivity index (χ1v) is 8.89. The predicted molar refractivity (Wildman–Crippen MR) is 118 cm³/mol. The molecule has 0 fully saturated rings. The Labute approximate surface area is 176 Å². The van der Waals surface area contributed by atoms with Crippen molar-refractivity contribution in [3.63, 3.8) is 0 Å². The highest BCUT2D eigenvalue weighted by Gasteiger charge is 2.04. The number of hydrogen-bond donors (Lipinski definition) is 2. The van der Waals surface area contributed by atoms with E-state index in [-0.39, 0.29) is 24.0 Å². The van der Waals surface area contributed by atoms with E-state index in [1.165, 1.54) is 11.1 Å². The maximum Gasteiger partial charge on any atom is 0.191 e. The largest absolute Gasteiger partial charge is 0.357 e. The lowest BCUT2D eigenvalue weighted by molar-refractivity contribution is 0.597. The zero-order chi connectivity index (χ0) is 18.0. The minimum Gasteiger partial charge on any atom is -0.357 e. The summed E-state index contributed by atoms with van der Waals surface area (Å²) >= 11 is 0. The van der Waals surface area contributed by atoms with E-state index in [9.17, 15) is 0 Å². The zero-order valence-corrected chi connectivity index (χ0v) is 17.8. The molecular weight excluding hydrogens is 453 g/mol. The minimum absolute atomic E-state index is 0. The second-order valence-corrected chi connectivity index (χ2v) is 5.86. The highest BCUT2D eigenvalue weighted by molar-refractivity contribution is 14.0. The van der Waals surface area contributed by atoms with Crippen LogP contribution in [0.15, 0.2) is 66.2 Å². The van der Waals surface area contributed by atoms with E-state index in [1.54, 1.807) is 12.4 Å². The number of aromatic nitrogens is 4. The van der Waals surface area contributed by atoms with Gasteiger partial charge in [-0.25, -0.2) is 4.99 Å². The average molecular weight is 479 g/mol. The lowest BCUT2D eigenvalue weighted by atomic mass is 10.1. The summed E-state index contributed by atoms with van der Waals surface area (Å²) in [5.74, 6) is 0.813. The molecule has 0 aliphatic rings. The Bertz CT molecular complexity index is 797. The quantitative estimate of drug-likeness (QED) is 0.296. The fraction of sp³-hybridized carbons (Fsp3) is 0.316. The molecule has 144 valence electrons. The second-order valence-electron chi connectivity index (χ2n) is 5.86. The van der Waals surface area contributed by atoms with E-state index >= 15 is 0 Å². The van der Waals surface area contributed by atoms with E-state index in [4.69, 9.17) is 4.99 Å². The van der Waals surface area contributed by atoms with Gasteiger partial charge in [0.2, 0.25) is 0 Å². The standard InChI is InChI=1S/C19H25N7.HI/c1-2-20-19(21-11-14-25-12-5-9-23-25)22-15-17-7-3-4-8-18(17)16-26-13-6-10-24-26;/h3-10,12-13H,2,11,14-16H2,1H3,(H2,20,21,22);1H. The van der Waals surface area contributed by atoms with Crippen LogP contribution in [0.2, 0.25) is 0 Å². The topological polar surface area (TPSA) is 72.1 Å². The summed E-state index contributed by atoms with van der Waals surface area (Å²) in [6.45, 7) is 5.82. The van der Waals surface area contributed by atoms with E-state index in [2.05, 4.69) is 52.0 Å². The number of nitrogens with zero attached hydrogens (tertiary/aromatic N) is 5. The van der Waals surface area contributed by atoms with Crippen molar-refractivity contribution in [1.82, 2.24) is 30.2 Å². The molecule has 0 amide bonds. The Morgan fingerprint density at radius 2 is 1.67 bits per heavy atom. The number of halogens is 1. The number of hydrogen-bond acceptors (Lipinski definition) is 3. The van der Waals surface area contributed by atoms with Crippen molar-refractivity contribution in [3.8, 4) is 0 Å². The monoisotopic (exact) mass is 479 g/mol. The summed E-state index contributed by atoms with van der Waals surface area (Å²) in [5.41, 5.74) is 2.43. The van der Waals surface area contributed by atoms with Crippen LogP contribution < -0.4 is 10.6 Å². The van der Waals surface area contributed by atoms with Crippen LogP contribution in [0.25, 0.3) is 0 Å². The Hall–Kier alpha value is -2.36. The van der Waals surface area contributed by atoms with Crippen molar-refractivity contribution < 1.29 is 0 Å². The number of benzene rings is 1. The Kier molecular flexibility index (Phi) is 8.82. The maximum atomic E-state index is 4.73. The molecule has 3 rings (SSSR count). The van der Waals surface area contributed by atoms with E-state index < -0.39 is 0 Å². The molecule has 0 aliphatic carbocycles. The van der Waals surface area contributed by atoms with Gasteiger partial charge >= 0.3 is 0 Å². The zero-order valence-electron chi connectivity index (χ0n) is 15.5. The molecule has 8 heteroatoms. The molecule has 0 bridgehead atoms. The molecule has 3 aromatic rings. The molecule has 0 aliphatic heterocycles. The van der Waals surface area contributed by atoms with E-state index in [1.807, 2.05) is 33.9 Å². The van der Waals surface area contributed by atoms with Crippen LogP contribution in [0.4, 0.5) is 0 Å². The van der Waals surface area contributed by atoms with Crippen molar-refractivity contribution in [3.05, 3.63) is 72.3 Å². The molecule has 2 N–H and O–H groups in total. The second kappa shape index (κ2) is 11.4. The lowest BCUT2D eigenvalue weighted by Gasteiger charge is -2.12. The van der Waals surface area contributed by atoms with E-state index in [0.29, 0.717) is 6.54 Å². The van der Waals surface area contributed by atoms with Gasteiger partial charge in [-0.1, -0.05) is 24.3 Å². The van der Waals surface area contributed by atoms with Crippen LogP contribution in [0.1, 0.15) is 18.1 Å². The molecular formula is C19H26IN7. The van der Waals surface area contributed by atoms with Gasteiger partial charge in [-0.05, 0) is 30.2 Å². The number of rotatable bonds is 8. The van der Waals surface area contributed by atoms with Crippen LogP contribution in [0.3, 0.4) is 0 Å². The third-order valence-corrected chi connectivity index (χ3v) is 3.95. The molecule has 0 atom stereocenters. The number of aliphatic imine (C=N–C) groups is 1.